The predicted molar refractivity (Wildman–Crippen MR) is 38.0 cm³/mol. The molecule has 1 aliphatic heterocycles. The van der Waals surface area contributed by atoms with E-state index in [-0.39, 0.29) is 23.5 Å². The Labute approximate surface area is 72.4 Å². The molecule has 0 saturated heterocycles. The summed E-state index contributed by atoms with van der Waals surface area (Å²) in [6.07, 6.45) is -3.42. The number of hydrogen-bond acceptors (Lipinski definition) is 3. The molecule has 0 bridgehead atoms. The number of benzene rings is 1. The van der Waals surface area contributed by atoms with Crippen LogP contribution >= 0.6 is 0 Å². The summed E-state index contributed by atoms with van der Waals surface area (Å²) in [5.74, 6) is -0.0880. The number of rotatable bonds is 1. The van der Waals surface area contributed by atoms with Crippen LogP contribution < -0.4 is 4.89 Å². The number of aliphatic hydroxyl groups is 1. The van der Waals surface area contributed by atoms with Crippen LogP contribution in [-0.4, -0.2) is 5.11 Å². The minimum atomic E-state index is -3.42. The summed E-state index contributed by atoms with van der Waals surface area (Å²) in [5, 5.41) is 8.79. The Morgan fingerprint density at radius 3 is 2.85 bits per heavy atom. The van der Waals surface area contributed by atoms with Gasteiger partial charge in [0.25, 0.3) is 0 Å². The summed E-state index contributed by atoms with van der Waals surface area (Å²) >= 11 is 0. The molecule has 0 amide bonds. The van der Waals surface area contributed by atoms with E-state index in [1.807, 2.05) is 0 Å². The summed E-state index contributed by atoms with van der Waals surface area (Å²) in [7, 11) is 0. The van der Waals surface area contributed by atoms with Crippen LogP contribution in [0.5, 0.6) is 5.75 Å². The summed E-state index contributed by atoms with van der Waals surface area (Å²) in [4.78, 5) is 8.13. The number of halogens is 2. The van der Waals surface area contributed by atoms with Crippen molar-refractivity contribution in [3.8, 4) is 5.75 Å². The van der Waals surface area contributed by atoms with Gasteiger partial charge in [-0.15, -0.1) is 4.89 Å². The first-order valence-electron chi connectivity index (χ1n) is 3.62. The molecule has 0 saturated carbocycles. The SMILES string of the molecule is OCc1cccc2c1OOC2(F)F. The topological polar surface area (TPSA) is 38.7 Å². The second-order valence-electron chi connectivity index (χ2n) is 2.64. The Balaban J connectivity index is 2.56. The van der Waals surface area contributed by atoms with Crippen LogP contribution in [0.3, 0.4) is 0 Å². The Hall–Kier alpha value is -1.20. The van der Waals surface area contributed by atoms with Gasteiger partial charge in [-0.25, -0.2) is 0 Å². The zero-order valence-corrected chi connectivity index (χ0v) is 6.46. The lowest BCUT2D eigenvalue weighted by Gasteiger charge is -2.03. The van der Waals surface area contributed by atoms with Crippen molar-refractivity contribution in [2.75, 3.05) is 0 Å². The molecule has 0 radical (unpaired) electrons. The molecular formula is C8H6F2O3. The number of alkyl halides is 2. The maximum atomic E-state index is 12.8. The van der Waals surface area contributed by atoms with Crippen molar-refractivity contribution in [2.24, 2.45) is 0 Å². The molecule has 0 aliphatic carbocycles. The maximum Gasteiger partial charge on any atom is 0.421 e. The predicted octanol–water partition coefficient (Wildman–Crippen LogP) is 1.55. The van der Waals surface area contributed by atoms with Crippen molar-refractivity contribution in [1.82, 2.24) is 0 Å². The van der Waals surface area contributed by atoms with E-state index in [1.165, 1.54) is 18.2 Å². The molecule has 0 fully saturated rings. The largest absolute Gasteiger partial charge is 0.421 e. The van der Waals surface area contributed by atoms with Crippen LogP contribution in [0.25, 0.3) is 0 Å². The molecule has 0 unspecified atom stereocenters. The molecule has 5 heteroatoms. The van der Waals surface area contributed by atoms with Crippen LogP contribution in [0.4, 0.5) is 8.78 Å². The molecule has 2 rings (SSSR count). The molecular weight excluding hydrogens is 182 g/mol. The fourth-order valence-electron chi connectivity index (χ4n) is 1.18. The number of hydrogen-bond donors (Lipinski definition) is 1. The van der Waals surface area contributed by atoms with Gasteiger partial charge >= 0.3 is 6.11 Å². The van der Waals surface area contributed by atoms with Crippen LogP contribution in [-0.2, 0) is 17.6 Å². The fraction of sp³-hybridized carbons (Fsp3) is 0.250. The van der Waals surface area contributed by atoms with Gasteiger partial charge in [-0.05, 0) is 6.07 Å². The molecule has 1 aromatic rings. The van der Waals surface area contributed by atoms with Crippen molar-refractivity contribution in [3.63, 3.8) is 0 Å². The van der Waals surface area contributed by atoms with Crippen molar-refractivity contribution >= 4 is 0 Å². The van der Waals surface area contributed by atoms with Gasteiger partial charge in [-0.2, -0.15) is 8.78 Å². The highest BCUT2D eigenvalue weighted by Crippen LogP contribution is 2.43. The van der Waals surface area contributed by atoms with Gasteiger partial charge < -0.3 is 9.99 Å². The van der Waals surface area contributed by atoms with Crippen molar-refractivity contribution in [3.05, 3.63) is 29.3 Å². The quantitative estimate of drug-likeness (QED) is 0.679. The molecule has 0 atom stereocenters. The van der Waals surface area contributed by atoms with Crippen LogP contribution in [0.1, 0.15) is 11.1 Å². The molecule has 3 nitrogen and oxygen atoms in total. The first kappa shape index (κ1) is 8.40. The van der Waals surface area contributed by atoms with Crippen molar-refractivity contribution in [1.29, 1.82) is 0 Å². The van der Waals surface area contributed by atoms with Crippen molar-refractivity contribution < 1.29 is 23.7 Å². The van der Waals surface area contributed by atoms with Gasteiger partial charge in [0.05, 0.1) is 6.61 Å². The van der Waals surface area contributed by atoms with Crippen LogP contribution in [0.2, 0.25) is 0 Å². The van der Waals surface area contributed by atoms with Gasteiger partial charge in [0.2, 0.25) is 0 Å². The lowest BCUT2D eigenvalue weighted by molar-refractivity contribution is -0.376. The minimum Gasteiger partial charge on any atom is -0.392 e. The standard InChI is InChI=1S/C8H6F2O3/c9-8(10)6-3-1-2-5(4-11)7(6)12-13-8/h1-3,11H,4H2. The van der Waals surface area contributed by atoms with Crippen molar-refractivity contribution in [2.45, 2.75) is 12.7 Å². The Morgan fingerprint density at radius 1 is 1.38 bits per heavy atom. The summed E-state index contributed by atoms with van der Waals surface area (Å²) in [6, 6.07) is 4.10. The Morgan fingerprint density at radius 2 is 2.15 bits per heavy atom. The maximum absolute atomic E-state index is 12.8. The summed E-state index contributed by atoms with van der Waals surface area (Å²) in [5.41, 5.74) is -0.0614. The van der Waals surface area contributed by atoms with E-state index in [2.05, 4.69) is 9.78 Å². The third-order valence-electron chi connectivity index (χ3n) is 1.81. The van der Waals surface area contributed by atoms with Gasteiger partial charge in [-0.1, -0.05) is 12.1 Å². The van der Waals surface area contributed by atoms with E-state index >= 15 is 0 Å². The fourth-order valence-corrected chi connectivity index (χ4v) is 1.18. The Kier molecular flexibility index (Phi) is 1.71. The van der Waals surface area contributed by atoms with E-state index in [4.69, 9.17) is 5.11 Å². The van der Waals surface area contributed by atoms with E-state index in [1.54, 1.807) is 0 Å². The summed E-state index contributed by atoms with van der Waals surface area (Å²) in [6.45, 7) is -0.359. The van der Waals surface area contributed by atoms with Gasteiger partial charge in [0, 0.05) is 5.56 Å². The first-order valence-corrected chi connectivity index (χ1v) is 3.62. The molecule has 1 aromatic carbocycles. The van der Waals surface area contributed by atoms with E-state index in [0.29, 0.717) is 0 Å². The molecule has 0 spiro atoms. The van der Waals surface area contributed by atoms with E-state index in [0.717, 1.165) is 0 Å². The third-order valence-corrected chi connectivity index (χ3v) is 1.81. The molecule has 1 aliphatic rings. The van der Waals surface area contributed by atoms with Crippen LogP contribution in [0.15, 0.2) is 18.2 Å². The van der Waals surface area contributed by atoms with E-state index in [9.17, 15) is 8.78 Å². The highest BCUT2D eigenvalue weighted by molar-refractivity contribution is 5.44. The average Bonchev–Trinajstić information content (AvgIpc) is 2.43. The number of aliphatic hydroxyl groups excluding tert-OH is 1. The minimum absolute atomic E-state index is 0.0880. The molecule has 70 valence electrons. The lowest BCUT2D eigenvalue weighted by atomic mass is 10.1. The monoisotopic (exact) mass is 188 g/mol. The van der Waals surface area contributed by atoms with Gasteiger partial charge in [-0.3, -0.25) is 0 Å². The lowest BCUT2D eigenvalue weighted by Crippen LogP contribution is -2.11. The highest BCUT2D eigenvalue weighted by Gasteiger charge is 2.45. The second kappa shape index (κ2) is 2.65. The second-order valence-corrected chi connectivity index (χ2v) is 2.64. The normalized spacial score (nSPS) is 18.1. The zero-order chi connectivity index (χ0) is 9.47. The molecule has 1 heterocycles. The smallest absolute Gasteiger partial charge is 0.392 e. The number of para-hydroxylation sites is 1. The molecule has 13 heavy (non-hydrogen) atoms. The number of fused-ring (bicyclic) bond motifs is 1. The zero-order valence-electron chi connectivity index (χ0n) is 6.46. The molecule has 1 N–H and O–H groups in total. The molecule has 0 aromatic heterocycles. The van der Waals surface area contributed by atoms with Crippen LogP contribution in [0, 0.1) is 0 Å². The van der Waals surface area contributed by atoms with Gasteiger partial charge in [0.1, 0.15) is 5.56 Å². The summed E-state index contributed by atoms with van der Waals surface area (Å²) < 4.78 is 25.6. The van der Waals surface area contributed by atoms with E-state index < -0.39 is 6.11 Å². The third kappa shape index (κ3) is 1.16. The Bertz CT molecular complexity index is 338. The van der Waals surface area contributed by atoms with Gasteiger partial charge in [0.15, 0.2) is 5.75 Å². The first-order chi connectivity index (χ1) is 6.15. The highest BCUT2D eigenvalue weighted by atomic mass is 19.3. The average molecular weight is 188 g/mol.